The molecule has 3 nitrogen and oxygen atoms in total. The Kier molecular flexibility index (Phi) is 4.36. The highest BCUT2D eigenvalue weighted by Gasteiger charge is 2.07. The first-order chi connectivity index (χ1) is 8.74. The quantitative estimate of drug-likeness (QED) is 0.911. The highest BCUT2D eigenvalue weighted by atomic mass is 79.9. The molecule has 0 atom stereocenters. The Hall–Kier alpha value is -1.36. The van der Waals surface area contributed by atoms with Crippen LogP contribution in [0.1, 0.15) is 11.1 Å². The highest BCUT2D eigenvalue weighted by Crippen LogP contribution is 2.32. The summed E-state index contributed by atoms with van der Waals surface area (Å²) >= 11 is 3.39. The summed E-state index contributed by atoms with van der Waals surface area (Å²) in [5.74, 6) is 1.27. The lowest BCUT2D eigenvalue weighted by atomic mass is 10.2. The zero-order valence-corrected chi connectivity index (χ0v) is 11.2. The van der Waals surface area contributed by atoms with E-state index in [1.54, 1.807) is 24.3 Å². The third-order valence-electron chi connectivity index (χ3n) is 2.54. The smallest absolute Gasteiger partial charge is 0.141 e. The van der Waals surface area contributed by atoms with E-state index in [1.807, 2.05) is 18.2 Å². The first-order valence-electron chi connectivity index (χ1n) is 5.50. The van der Waals surface area contributed by atoms with Crippen molar-refractivity contribution in [2.24, 2.45) is 0 Å². The van der Waals surface area contributed by atoms with Crippen molar-refractivity contribution in [1.82, 2.24) is 0 Å². The molecule has 4 heteroatoms. The second-order valence-electron chi connectivity index (χ2n) is 3.79. The van der Waals surface area contributed by atoms with Crippen molar-refractivity contribution in [1.29, 1.82) is 0 Å². The van der Waals surface area contributed by atoms with Crippen LogP contribution in [0.3, 0.4) is 0 Å². The molecule has 94 valence electrons. The van der Waals surface area contributed by atoms with E-state index in [4.69, 9.17) is 9.84 Å². The maximum absolute atomic E-state index is 9.22. The summed E-state index contributed by atoms with van der Waals surface area (Å²) in [6.07, 6.45) is 0. The van der Waals surface area contributed by atoms with Crippen molar-refractivity contribution < 1.29 is 14.9 Å². The molecule has 0 bridgehead atoms. The Morgan fingerprint density at radius 3 is 2.39 bits per heavy atom. The van der Waals surface area contributed by atoms with Gasteiger partial charge in [0.2, 0.25) is 0 Å². The van der Waals surface area contributed by atoms with E-state index in [0.717, 1.165) is 15.6 Å². The van der Waals surface area contributed by atoms with Gasteiger partial charge >= 0.3 is 0 Å². The minimum atomic E-state index is -0.0669. The van der Waals surface area contributed by atoms with Gasteiger partial charge in [-0.2, -0.15) is 0 Å². The Morgan fingerprint density at radius 2 is 1.72 bits per heavy atom. The second kappa shape index (κ2) is 6.00. The standard InChI is InChI=1S/C14H13BrO3/c15-12-7-10(8-16)5-6-14(12)18-13-4-2-1-3-11(13)9-17/h1-7,16-17H,8-9H2. The van der Waals surface area contributed by atoms with Gasteiger partial charge in [0.15, 0.2) is 0 Å². The molecular weight excluding hydrogens is 296 g/mol. The molecule has 0 aliphatic rings. The maximum Gasteiger partial charge on any atom is 0.141 e. The van der Waals surface area contributed by atoms with E-state index in [1.165, 1.54) is 0 Å². The lowest BCUT2D eigenvalue weighted by molar-refractivity contribution is 0.276. The van der Waals surface area contributed by atoms with Crippen LogP contribution in [0.4, 0.5) is 0 Å². The zero-order valence-electron chi connectivity index (χ0n) is 9.64. The van der Waals surface area contributed by atoms with E-state index in [0.29, 0.717) is 11.5 Å². The average Bonchev–Trinajstić information content (AvgIpc) is 2.41. The summed E-state index contributed by atoms with van der Waals surface area (Å²) in [5, 5.41) is 18.3. The predicted molar refractivity (Wildman–Crippen MR) is 72.5 cm³/mol. The summed E-state index contributed by atoms with van der Waals surface area (Å²) in [7, 11) is 0. The molecule has 2 N–H and O–H groups in total. The van der Waals surface area contributed by atoms with Crippen LogP contribution >= 0.6 is 15.9 Å². The van der Waals surface area contributed by atoms with Gasteiger partial charge in [0.25, 0.3) is 0 Å². The Morgan fingerprint density at radius 1 is 0.944 bits per heavy atom. The van der Waals surface area contributed by atoms with Gasteiger partial charge in [-0.05, 0) is 39.7 Å². The number of aliphatic hydroxyl groups is 2. The molecule has 0 aliphatic heterocycles. The molecule has 18 heavy (non-hydrogen) atoms. The van der Waals surface area contributed by atoms with Gasteiger partial charge in [-0.25, -0.2) is 0 Å². The summed E-state index contributed by atoms with van der Waals surface area (Å²) in [4.78, 5) is 0. The first-order valence-corrected chi connectivity index (χ1v) is 6.30. The van der Waals surface area contributed by atoms with Crippen LogP contribution in [-0.2, 0) is 13.2 Å². The first kappa shape index (κ1) is 13.1. The monoisotopic (exact) mass is 308 g/mol. The van der Waals surface area contributed by atoms with Gasteiger partial charge in [0.05, 0.1) is 17.7 Å². The highest BCUT2D eigenvalue weighted by molar-refractivity contribution is 9.10. The normalized spacial score (nSPS) is 10.4. The predicted octanol–water partition coefficient (Wildman–Crippen LogP) is 3.23. The van der Waals surface area contributed by atoms with Crippen LogP contribution in [0.5, 0.6) is 11.5 Å². The summed E-state index contributed by atoms with van der Waals surface area (Å²) in [5.41, 5.74) is 1.54. The molecular formula is C14H13BrO3. The fraction of sp³-hybridized carbons (Fsp3) is 0.143. The number of hydrogen-bond acceptors (Lipinski definition) is 3. The van der Waals surface area contributed by atoms with Crippen molar-refractivity contribution >= 4 is 15.9 Å². The summed E-state index contributed by atoms with van der Waals surface area (Å²) < 4.78 is 6.51. The SMILES string of the molecule is OCc1ccc(Oc2ccccc2CO)c(Br)c1. The molecule has 0 aliphatic carbocycles. The number of para-hydroxylation sites is 1. The number of benzene rings is 2. The fourth-order valence-corrected chi connectivity index (χ4v) is 2.09. The van der Waals surface area contributed by atoms with Crippen molar-refractivity contribution in [3.63, 3.8) is 0 Å². The average molecular weight is 309 g/mol. The molecule has 0 saturated carbocycles. The minimum Gasteiger partial charge on any atom is -0.456 e. The molecule has 0 amide bonds. The minimum absolute atomic E-state index is 0.00783. The van der Waals surface area contributed by atoms with E-state index in [-0.39, 0.29) is 13.2 Å². The van der Waals surface area contributed by atoms with Gasteiger partial charge in [0.1, 0.15) is 11.5 Å². The summed E-state index contributed by atoms with van der Waals surface area (Å²) in [6, 6.07) is 12.7. The maximum atomic E-state index is 9.22. The van der Waals surface area contributed by atoms with Gasteiger partial charge in [-0.3, -0.25) is 0 Å². The molecule has 0 unspecified atom stereocenters. The van der Waals surface area contributed by atoms with E-state index >= 15 is 0 Å². The van der Waals surface area contributed by atoms with Crippen LogP contribution in [0.2, 0.25) is 0 Å². The van der Waals surface area contributed by atoms with Crippen LogP contribution in [0.15, 0.2) is 46.9 Å². The Bertz CT molecular complexity index is 540. The zero-order chi connectivity index (χ0) is 13.0. The molecule has 2 rings (SSSR count). The third kappa shape index (κ3) is 2.90. The van der Waals surface area contributed by atoms with Gasteiger partial charge in [-0.1, -0.05) is 24.3 Å². The van der Waals surface area contributed by atoms with Crippen LogP contribution in [0.25, 0.3) is 0 Å². The number of halogens is 1. The lowest BCUT2D eigenvalue weighted by Gasteiger charge is -2.11. The van der Waals surface area contributed by atoms with Crippen LogP contribution in [-0.4, -0.2) is 10.2 Å². The number of aliphatic hydroxyl groups excluding tert-OH is 2. The molecule has 0 fully saturated rings. The van der Waals surface area contributed by atoms with Crippen molar-refractivity contribution in [2.75, 3.05) is 0 Å². The van der Waals surface area contributed by atoms with Crippen LogP contribution in [0, 0.1) is 0 Å². The van der Waals surface area contributed by atoms with E-state index in [9.17, 15) is 5.11 Å². The third-order valence-corrected chi connectivity index (χ3v) is 3.16. The fourth-order valence-electron chi connectivity index (χ4n) is 1.58. The molecule has 0 radical (unpaired) electrons. The lowest BCUT2D eigenvalue weighted by Crippen LogP contribution is -1.92. The second-order valence-corrected chi connectivity index (χ2v) is 4.65. The Labute approximate surface area is 114 Å². The van der Waals surface area contributed by atoms with E-state index < -0.39 is 0 Å². The van der Waals surface area contributed by atoms with Gasteiger partial charge < -0.3 is 14.9 Å². The topological polar surface area (TPSA) is 49.7 Å². The van der Waals surface area contributed by atoms with E-state index in [2.05, 4.69) is 15.9 Å². The number of ether oxygens (including phenoxy) is 1. The van der Waals surface area contributed by atoms with Gasteiger partial charge in [0, 0.05) is 5.56 Å². The van der Waals surface area contributed by atoms with Crippen molar-refractivity contribution in [2.45, 2.75) is 13.2 Å². The van der Waals surface area contributed by atoms with Crippen molar-refractivity contribution in [3.05, 3.63) is 58.1 Å². The number of hydrogen-bond donors (Lipinski definition) is 2. The number of rotatable bonds is 4. The molecule has 0 spiro atoms. The largest absolute Gasteiger partial charge is 0.456 e. The molecule has 0 saturated heterocycles. The molecule has 2 aromatic rings. The van der Waals surface area contributed by atoms with Gasteiger partial charge in [-0.15, -0.1) is 0 Å². The molecule has 0 aromatic heterocycles. The summed E-state index contributed by atoms with van der Waals surface area (Å²) in [6.45, 7) is -0.0748. The molecule has 0 heterocycles. The van der Waals surface area contributed by atoms with Crippen LogP contribution < -0.4 is 4.74 Å². The molecule has 2 aromatic carbocycles. The Balaban J connectivity index is 2.28. The van der Waals surface area contributed by atoms with Crippen molar-refractivity contribution in [3.8, 4) is 11.5 Å².